The van der Waals surface area contributed by atoms with Crippen molar-refractivity contribution < 1.29 is 32.8 Å². The van der Waals surface area contributed by atoms with Crippen LogP contribution in [0, 0.1) is 0 Å². The molecule has 0 heterocycles. The lowest BCUT2D eigenvalue weighted by Gasteiger charge is -2.19. The number of phosphoric acid groups is 1. The lowest BCUT2D eigenvalue weighted by molar-refractivity contribution is -0.153. The monoisotopic (exact) mass is 814 g/mol. The van der Waals surface area contributed by atoms with Crippen LogP contribution >= 0.6 is 7.82 Å². The summed E-state index contributed by atoms with van der Waals surface area (Å²) in [6.45, 7) is 4.26. The minimum Gasteiger partial charge on any atom is -0.498 e. The highest BCUT2D eigenvalue weighted by Gasteiger charge is 2.25. The Bertz CT molecular complexity index is 915. The van der Waals surface area contributed by atoms with Crippen molar-refractivity contribution in [3.05, 3.63) is 24.5 Å². The first-order valence-corrected chi connectivity index (χ1v) is 25.4. The van der Waals surface area contributed by atoms with E-state index in [1.807, 2.05) is 6.08 Å². The highest BCUT2D eigenvalue weighted by molar-refractivity contribution is 7.47. The molecule has 0 amide bonds. The Morgan fingerprint density at radius 1 is 0.536 bits per heavy atom. The Kier molecular flexibility index (Phi) is 44.0. The van der Waals surface area contributed by atoms with Gasteiger partial charge in [-0.3, -0.25) is 13.8 Å². The molecular weight excluding hydrogens is 721 g/mol. The average molecular weight is 814 g/mol. The largest absolute Gasteiger partial charge is 0.498 e. The van der Waals surface area contributed by atoms with Crippen LogP contribution in [0.1, 0.15) is 239 Å². The zero-order chi connectivity index (χ0) is 40.9. The Morgan fingerprint density at radius 2 is 0.911 bits per heavy atom. The van der Waals surface area contributed by atoms with Gasteiger partial charge in [0.2, 0.25) is 0 Å². The summed E-state index contributed by atoms with van der Waals surface area (Å²) in [5.41, 5.74) is 5.37. The van der Waals surface area contributed by atoms with Gasteiger partial charge in [0.15, 0.2) is 6.10 Å². The lowest BCUT2D eigenvalue weighted by atomic mass is 10.0. The first-order valence-electron chi connectivity index (χ1n) is 23.9. The number of allylic oxidation sites excluding steroid dienone is 3. The molecule has 332 valence electrons. The van der Waals surface area contributed by atoms with Crippen LogP contribution in [0.15, 0.2) is 24.5 Å². The molecule has 0 aromatic carbocycles. The van der Waals surface area contributed by atoms with Crippen LogP contribution in [0.5, 0.6) is 0 Å². The number of unbranched alkanes of at least 4 members (excludes halogenated alkanes) is 31. The molecule has 2 atom stereocenters. The van der Waals surface area contributed by atoms with Crippen molar-refractivity contribution in [3.63, 3.8) is 0 Å². The van der Waals surface area contributed by atoms with E-state index in [1.54, 1.807) is 6.26 Å². The van der Waals surface area contributed by atoms with Crippen molar-refractivity contribution >= 4 is 13.8 Å². The smallest absolute Gasteiger partial charge is 0.472 e. The molecule has 0 radical (unpaired) electrons. The van der Waals surface area contributed by atoms with Crippen molar-refractivity contribution in [3.8, 4) is 0 Å². The van der Waals surface area contributed by atoms with Gasteiger partial charge in [-0.2, -0.15) is 0 Å². The number of carbonyl (C=O) groups excluding carboxylic acids is 1. The van der Waals surface area contributed by atoms with Gasteiger partial charge in [-0.05, 0) is 51.0 Å². The molecule has 0 aliphatic heterocycles. The fourth-order valence-corrected chi connectivity index (χ4v) is 7.67. The number of hydrogen-bond acceptors (Lipinski definition) is 7. The Labute approximate surface area is 346 Å². The number of hydrogen-bond donors (Lipinski definition) is 2. The van der Waals surface area contributed by atoms with Crippen molar-refractivity contribution in [1.82, 2.24) is 0 Å². The molecule has 56 heavy (non-hydrogen) atoms. The van der Waals surface area contributed by atoms with Crippen LogP contribution in [-0.2, 0) is 27.9 Å². The predicted molar refractivity (Wildman–Crippen MR) is 238 cm³/mol. The van der Waals surface area contributed by atoms with E-state index in [0.717, 1.165) is 32.1 Å². The maximum atomic E-state index is 12.6. The quantitative estimate of drug-likeness (QED) is 0.0205. The van der Waals surface area contributed by atoms with Gasteiger partial charge in [-0.1, -0.05) is 199 Å². The van der Waals surface area contributed by atoms with Crippen molar-refractivity contribution in [1.29, 1.82) is 0 Å². The van der Waals surface area contributed by atoms with Gasteiger partial charge in [0.25, 0.3) is 0 Å². The fraction of sp³-hybridized carbons (Fsp3) is 0.894. The lowest BCUT2D eigenvalue weighted by Crippen LogP contribution is -2.27. The summed E-state index contributed by atoms with van der Waals surface area (Å²) in [6, 6.07) is 0. The molecule has 0 spiro atoms. The van der Waals surface area contributed by atoms with E-state index in [4.69, 9.17) is 24.3 Å². The zero-order valence-electron chi connectivity index (χ0n) is 36.9. The number of phosphoric ester groups is 1. The predicted octanol–water partition coefficient (Wildman–Crippen LogP) is 14.8. The van der Waals surface area contributed by atoms with Crippen LogP contribution < -0.4 is 5.73 Å². The molecule has 0 aromatic rings. The first kappa shape index (κ1) is 54.8. The minimum atomic E-state index is -4.29. The maximum Gasteiger partial charge on any atom is 0.472 e. The number of esters is 1. The van der Waals surface area contributed by atoms with E-state index < -0.39 is 13.9 Å². The molecule has 0 fully saturated rings. The molecule has 0 aromatic heterocycles. The molecule has 0 aliphatic carbocycles. The third kappa shape index (κ3) is 43.9. The topological polar surface area (TPSA) is 117 Å². The minimum absolute atomic E-state index is 0.0334. The number of carbonyl (C=O) groups is 1. The van der Waals surface area contributed by atoms with E-state index in [1.165, 1.54) is 186 Å². The second kappa shape index (κ2) is 44.9. The second-order valence-corrected chi connectivity index (χ2v) is 17.5. The average Bonchev–Trinajstić information content (AvgIpc) is 3.19. The molecule has 8 nitrogen and oxygen atoms in total. The summed E-state index contributed by atoms with van der Waals surface area (Å²) in [4.78, 5) is 22.5. The molecule has 0 saturated heterocycles. The maximum absolute atomic E-state index is 12.6. The normalized spacial score (nSPS) is 13.5. The van der Waals surface area contributed by atoms with Gasteiger partial charge in [0, 0.05) is 13.0 Å². The summed E-state index contributed by atoms with van der Waals surface area (Å²) in [7, 11) is -4.29. The van der Waals surface area contributed by atoms with Crippen LogP contribution in [0.4, 0.5) is 0 Å². The summed E-state index contributed by atoms with van der Waals surface area (Å²) >= 11 is 0. The standard InChI is InChI=1S/C47H92NO7P/c1-3-5-7-9-11-13-15-17-19-21-22-23-24-25-26-28-30-32-34-36-38-40-47(49)55-46(45-54-56(50,51)53-43-41-48)44-52-42-39-37-35-33-31-29-27-20-18-16-14-12-10-8-6-4-2/h14,16,39,42,46H,3-13,15,17-38,40-41,43-45,48H2,1-2H3,(H,50,51). The van der Waals surface area contributed by atoms with Gasteiger partial charge >= 0.3 is 13.8 Å². The SMILES string of the molecule is CCCCCCC=CCCCCCCCCC=COCC(COP(=O)(O)OCCN)OC(=O)CCCCCCCCCCCCCCCCCCCCCCC. The van der Waals surface area contributed by atoms with E-state index in [-0.39, 0.29) is 32.3 Å². The van der Waals surface area contributed by atoms with Crippen molar-refractivity contribution in [2.75, 3.05) is 26.4 Å². The summed E-state index contributed by atoms with van der Waals surface area (Å²) in [6.07, 6.45) is 51.5. The number of nitrogens with two attached hydrogens (primary N) is 1. The Balaban J connectivity index is 3.98. The molecular formula is C47H92NO7P. The molecule has 0 saturated carbocycles. The fourth-order valence-electron chi connectivity index (χ4n) is 6.90. The Morgan fingerprint density at radius 3 is 1.34 bits per heavy atom. The summed E-state index contributed by atoms with van der Waals surface area (Å²) < 4.78 is 33.3. The third-order valence-electron chi connectivity index (χ3n) is 10.4. The molecule has 9 heteroatoms. The molecule has 2 unspecified atom stereocenters. The molecule has 0 rings (SSSR count). The number of rotatable bonds is 46. The summed E-state index contributed by atoms with van der Waals surface area (Å²) in [5.74, 6) is -0.349. The van der Waals surface area contributed by atoms with Crippen LogP contribution in [-0.4, -0.2) is 43.3 Å². The van der Waals surface area contributed by atoms with Gasteiger partial charge in [0.1, 0.15) is 6.61 Å². The van der Waals surface area contributed by atoms with Crippen LogP contribution in [0.3, 0.4) is 0 Å². The Hall–Kier alpha value is -1.18. The zero-order valence-corrected chi connectivity index (χ0v) is 37.8. The van der Waals surface area contributed by atoms with E-state index in [2.05, 4.69) is 26.0 Å². The van der Waals surface area contributed by atoms with Gasteiger partial charge < -0.3 is 20.1 Å². The van der Waals surface area contributed by atoms with Crippen LogP contribution in [0.25, 0.3) is 0 Å². The van der Waals surface area contributed by atoms with E-state index >= 15 is 0 Å². The van der Waals surface area contributed by atoms with Crippen molar-refractivity contribution in [2.45, 2.75) is 245 Å². The highest BCUT2D eigenvalue weighted by Crippen LogP contribution is 2.43. The first-order chi connectivity index (χ1) is 27.4. The van der Waals surface area contributed by atoms with E-state index in [9.17, 15) is 14.3 Å². The second-order valence-electron chi connectivity index (χ2n) is 16.0. The summed E-state index contributed by atoms with van der Waals surface area (Å²) in [5, 5.41) is 0. The highest BCUT2D eigenvalue weighted by atomic mass is 31.2. The van der Waals surface area contributed by atoms with E-state index in [0.29, 0.717) is 6.42 Å². The third-order valence-corrected chi connectivity index (χ3v) is 11.4. The van der Waals surface area contributed by atoms with Gasteiger partial charge in [0.05, 0.1) is 19.5 Å². The van der Waals surface area contributed by atoms with Gasteiger partial charge in [-0.25, -0.2) is 4.57 Å². The van der Waals surface area contributed by atoms with Crippen molar-refractivity contribution in [2.24, 2.45) is 5.73 Å². The molecule has 0 bridgehead atoms. The van der Waals surface area contributed by atoms with Crippen LogP contribution in [0.2, 0.25) is 0 Å². The number of ether oxygens (including phenoxy) is 2. The molecule has 0 aliphatic rings. The van der Waals surface area contributed by atoms with Gasteiger partial charge in [-0.15, -0.1) is 0 Å². The molecule has 3 N–H and O–H groups in total.